The van der Waals surface area contributed by atoms with Gasteiger partial charge in [0.2, 0.25) is 0 Å². The molecule has 1 aromatic heterocycles. The van der Waals surface area contributed by atoms with E-state index in [2.05, 4.69) is 15.2 Å². The maximum Gasteiger partial charge on any atom is 0.307 e. The highest BCUT2D eigenvalue weighted by molar-refractivity contribution is 7.12. The zero-order chi connectivity index (χ0) is 17.1. The van der Waals surface area contributed by atoms with Gasteiger partial charge in [-0.15, -0.1) is 11.3 Å². The molecule has 3 rings (SSSR count). The molecule has 0 aromatic carbocycles. The fourth-order valence-corrected chi connectivity index (χ4v) is 4.69. The van der Waals surface area contributed by atoms with Crippen molar-refractivity contribution in [3.63, 3.8) is 0 Å². The number of hydrogen-bond acceptors (Lipinski definition) is 5. The number of carbonyl (C=O) groups is 2. The first-order valence-electron chi connectivity index (χ1n) is 8.80. The van der Waals surface area contributed by atoms with Gasteiger partial charge in [-0.05, 0) is 69.3 Å². The lowest BCUT2D eigenvalue weighted by Gasteiger charge is -2.41. The second-order valence-corrected chi connectivity index (χ2v) is 7.97. The van der Waals surface area contributed by atoms with Gasteiger partial charge in [-0.2, -0.15) is 0 Å². The van der Waals surface area contributed by atoms with Crippen molar-refractivity contribution < 1.29 is 14.7 Å². The third-order valence-corrected chi connectivity index (χ3v) is 6.36. The van der Waals surface area contributed by atoms with E-state index in [1.54, 1.807) is 6.92 Å². The molecule has 0 unspecified atom stereocenters. The Morgan fingerprint density at radius 2 is 2.00 bits per heavy atom. The van der Waals surface area contributed by atoms with E-state index in [-0.39, 0.29) is 11.7 Å². The van der Waals surface area contributed by atoms with Gasteiger partial charge >= 0.3 is 5.97 Å². The van der Waals surface area contributed by atoms with Crippen molar-refractivity contribution in [2.75, 3.05) is 26.2 Å². The molecule has 0 amide bonds. The van der Waals surface area contributed by atoms with Crippen LogP contribution in [0.25, 0.3) is 0 Å². The summed E-state index contributed by atoms with van der Waals surface area (Å²) >= 11 is 1.53. The minimum Gasteiger partial charge on any atom is -0.481 e. The largest absolute Gasteiger partial charge is 0.481 e. The zero-order valence-electron chi connectivity index (χ0n) is 14.2. The van der Waals surface area contributed by atoms with Crippen molar-refractivity contribution in [2.24, 2.45) is 5.92 Å². The molecule has 0 bridgehead atoms. The molecular formula is C18H26N2O3S. The van der Waals surface area contributed by atoms with Crippen molar-refractivity contribution in [1.82, 2.24) is 9.80 Å². The molecule has 0 saturated carbocycles. The number of carbonyl (C=O) groups excluding carboxylic acids is 1. The monoisotopic (exact) mass is 350 g/mol. The molecule has 6 heteroatoms. The molecular weight excluding hydrogens is 324 g/mol. The van der Waals surface area contributed by atoms with E-state index in [1.165, 1.54) is 16.9 Å². The van der Waals surface area contributed by atoms with Crippen LogP contribution in [0.1, 0.15) is 47.8 Å². The average molecular weight is 350 g/mol. The lowest BCUT2D eigenvalue weighted by atomic mass is 9.94. The van der Waals surface area contributed by atoms with Gasteiger partial charge < -0.3 is 5.11 Å². The molecule has 0 aliphatic carbocycles. The third kappa shape index (κ3) is 4.23. The Balaban J connectivity index is 1.48. The van der Waals surface area contributed by atoms with Gasteiger partial charge in [-0.25, -0.2) is 0 Å². The highest BCUT2D eigenvalue weighted by Gasteiger charge is 2.31. The topological polar surface area (TPSA) is 60.9 Å². The lowest BCUT2D eigenvalue weighted by molar-refractivity contribution is -0.144. The van der Waals surface area contributed by atoms with Gasteiger partial charge in [0.1, 0.15) is 0 Å². The van der Waals surface area contributed by atoms with Crippen LogP contribution in [0.5, 0.6) is 0 Å². The second-order valence-electron chi connectivity index (χ2n) is 7.06. The fraction of sp³-hybridized carbons (Fsp3) is 0.667. The lowest BCUT2D eigenvalue weighted by Crippen LogP contribution is -2.49. The van der Waals surface area contributed by atoms with Gasteiger partial charge in [0, 0.05) is 19.1 Å². The molecule has 3 heterocycles. The summed E-state index contributed by atoms with van der Waals surface area (Å²) in [6, 6.07) is 2.54. The number of ketones is 1. The highest BCUT2D eigenvalue weighted by Crippen LogP contribution is 2.25. The van der Waals surface area contributed by atoms with Crippen LogP contribution >= 0.6 is 11.3 Å². The number of carboxylic acid groups (broad SMARTS) is 1. The minimum atomic E-state index is -0.643. The van der Waals surface area contributed by atoms with Gasteiger partial charge in [0.15, 0.2) is 5.78 Å². The summed E-state index contributed by atoms with van der Waals surface area (Å²) in [5.74, 6) is -0.688. The third-order valence-electron chi connectivity index (χ3n) is 5.28. The summed E-state index contributed by atoms with van der Waals surface area (Å²) in [5, 5.41) is 11.3. The predicted octanol–water partition coefficient (Wildman–Crippen LogP) is 2.71. The van der Waals surface area contributed by atoms with Crippen LogP contribution in [0.15, 0.2) is 11.4 Å². The predicted molar refractivity (Wildman–Crippen MR) is 94.6 cm³/mol. The number of carboxylic acids is 1. The van der Waals surface area contributed by atoms with E-state index in [9.17, 15) is 14.7 Å². The van der Waals surface area contributed by atoms with Gasteiger partial charge in [0.05, 0.1) is 10.8 Å². The standard InChI is InChI=1S/C18H26N2O3S/c1-13(21)17-9-14(12-24-17)10-19-7-4-16(5-8-19)20-6-2-3-15(11-20)18(22)23/h9,12,15-16H,2-8,10-11H2,1H3,(H,22,23)/t15-/m0/s1. The van der Waals surface area contributed by atoms with Gasteiger partial charge in [-0.3, -0.25) is 19.4 Å². The van der Waals surface area contributed by atoms with Crippen LogP contribution in [-0.2, 0) is 11.3 Å². The Hall–Kier alpha value is -1.24. The molecule has 2 saturated heterocycles. The summed E-state index contributed by atoms with van der Waals surface area (Å²) in [6.45, 7) is 6.38. The fourth-order valence-electron chi connectivity index (χ4n) is 3.88. The van der Waals surface area contributed by atoms with Gasteiger partial charge in [-0.1, -0.05) is 0 Å². The number of aliphatic carboxylic acids is 1. The highest BCUT2D eigenvalue weighted by atomic mass is 32.1. The van der Waals surface area contributed by atoms with Crippen LogP contribution in [-0.4, -0.2) is 58.9 Å². The molecule has 132 valence electrons. The Bertz CT molecular complexity index is 593. The Kier molecular flexibility index (Phi) is 5.69. The minimum absolute atomic E-state index is 0.142. The first kappa shape index (κ1) is 17.6. The first-order chi connectivity index (χ1) is 11.5. The number of piperidine rings is 2. The average Bonchev–Trinajstić information content (AvgIpc) is 3.04. The molecule has 2 aliphatic rings. The van der Waals surface area contributed by atoms with Crippen LogP contribution in [0.4, 0.5) is 0 Å². The van der Waals surface area contributed by atoms with E-state index in [4.69, 9.17) is 0 Å². The maximum absolute atomic E-state index is 11.4. The summed E-state index contributed by atoms with van der Waals surface area (Å²) in [5.41, 5.74) is 1.23. The number of nitrogens with zero attached hydrogens (tertiary/aromatic N) is 2. The number of thiophene rings is 1. The van der Waals surface area contributed by atoms with E-state index in [1.807, 2.05) is 6.07 Å². The van der Waals surface area contributed by atoms with E-state index >= 15 is 0 Å². The van der Waals surface area contributed by atoms with E-state index in [0.29, 0.717) is 12.6 Å². The first-order valence-corrected chi connectivity index (χ1v) is 9.68. The summed E-state index contributed by atoms with van der Waals surface area (Å²) < 4.78 is 0. The van der Waals surface area contributed by atoms with Crippen LogP contribution in [0.2, 0.25) is 0 Å². The molecule has 1 atom stereocenters. The zero-order valence-corrected chi connectivity index (χ0v) is 15.1. The van der Waals surface area contributed by atoms with Crippen molar-refractivity contribution in [3.05, 3.63) is 21.9 Å². The maximum atomic E-state index is 11.4. The molecule has 1 aromatic rings. The van der Waals surface area contributed by atoms with Crippen molar-refractivity contribution in [3.8, 4) is 0 Å². The van der Waals surface area contributed by atoms with Crippen molar-refractivity contribution in [2.45, 2.75) is 45.2 Å². The Morgan fingerprint density at radius 1 is 1.25 bits per heavy atom. The van der Waals surface area contributed by atoms with Gasteiger partial charge in [0.25, 0.3) is 0 Å². The van der Waals surface area contributed by atoms with Crippen molar-refractivity contribution in [1.29, 1.82) is 0 Å². The van der Waals surface area contributed by atoms with E-state index in [0.717, 1.165) is 56.7 Å². The molecule has 2 fully saturated rings. The van der Waals surface area contributed by atoms with Crippen LogP contribution in [0.3, 0.4) is 0 Å². The molecule has 1 N–H and O–H groups in total. The molecule has 24 heavy (non-hydrogen) atoms. The molecule has 0 spiro atoms. The van der Waals surface area contributed by atoms with Crippen LogP contribution < -0.4 is 0 Å². The smallest absolute Gasteiger partial charge is 0.307 e. The Labute approximate surface area is 147 Å². The van der Waals surface area contributed by atoms with Crippen molar-refractivity contribution >= 4 is 23.1 Å². The SMILES string of the molecule is CC(=O)c1cc(CN2CCC(N3CCC[C@H](C(=O)O)C3)CC2)cs1. The molecule has 5 nitrogen and oxygen atoms in total. The molecule has 0 radical (unpaired) electrons. The number of Topliss-reactive ketones (excluding diaryl/α,β-unsaturated/α-hetero) is 1. The summed E-state index contributed by atoms with van der Waals surface area (Å²) in [7, 11) is 0. The number of rotatable bonds is 5. The quantitative estimate of drug-likeness (QED) is 0.828. The number of hydrogen-bond donors (Lipinski definition) is 1. The normalized spacial score (nSPS) is 24.1. The second kappa shape index (κ2) is 7.76. The summed E-state index contributed by atoms with van der Waals surface area (Å²) in [4.78, 5) is 28.3. The van der Waals surface area contributed by atoms with Crippen LogP contribution in [0, 0.1) is 5.92 Å². The van der Waals surface area contributed by atoms with E-state index < -0.39 is 5.97 Å². The number of likely N-dealkylation sites (tertiary alicyclic amines) is 2. The Morgan fingerprint density at radius 3 is 2.62 bits per heavy atom. The summed E-state index contributed by atoms with van der Waals surface area (Å²) in [6.07, 6.45) is 4.04. The molecule has 2 aliphatic heterocycles.